The van der Waals surface area contributed by atoms with Gasteiger partial charge >= 0.3 is 0 Å². The minimum Gasteiger partial charge on any atom is -0.492 e. The monoisotopic (exact) mass is 305 g/mol. The third-order valence-electron chi connectivity index (χ3n) is 4.34. The van der Waals surface area contributed by atoms with E-state index in [0.717, 1.165) is 24.1 Å². The number of likely N-dealkylation sites (N-methyl/N-ethyl adjacent to an activating group) is 1. The molecule has 1 N–H and O–H groups in total. The molecule has 3 rings (SSSR count). The van der Waals surface area contributed by atoms with Crippen molar-refractivity contribution < 1.29 is 23.5 Å². The SMILES string of the molecule is C=CC(=O)N[C@@H]1c2c(cc3c(c2OC)OCO3)CC[N+]1(C)C. The number of ether oxygens (including phenoxy) is 3. The van der Waals surface area contributed by atoms with Crippen molar-refractivity contribution >= 4 is 5.91 Å². The molecule has 22 heavy (non-hydrogen) atoms. The molecule has 6 nitrogen and oxygen atoms in total. The van der Waals surface area contributed by atoms with Gasteiger partial charge < -0.3 is 18.7 Å². The second-order valence-corrected chi connectivity index (χ2v) is 6.08. The number of rotatable bonds is 3. The quantitative estimate of drug-likeness (QED) is 0.677. The average Bonchev–Trinajstić information content (AvgIpc) is 2.95. The summed E-state index contributed by atoms with van der Waals surface area (Å²) < 4.78 is 17.3. The number of hydrogen-bond donors (Lipinski definition) is 1. The number of methoxy groups -OCH3 is 1. The van der Waals surface area contributed by atoms with Gasteiger partial charge in [0, 0.05) is 6.42 Å². The number of amides is 1. The maximum absolute atomic E-state index is 11.9. The predicted octanol–water partition coefficient (Wildman–Crippen LogP) is 1.36. The van der Waals surface area contributed by atoms with E-state index in [-0.39, 0.29) is 18.9 Å². The molecule has 0 unspecified atom stereocenters. The van der Waals surface area contributed by atoms with E-state index in [1.807, 2.05) is 6.07 Å². The van der Waals surface area contributed by atoms with E-state index in [9.17, 15) is 4.79 Å². The molecule has 0 saturated heterocycles. The molecular weight excluding hydrogens is 284 g/mol. The van der Waals surface area contributed by atoms with Crippen LogP contribution < -0.4 is 19.5 Å². The van der Waals surface area contributed by atoms with Gasteiger partial charge in [0.15, 0.2) is 17.7 Å². The first-order chi connectivity index (χ1) is 10.5. The second kappa shape index (κ2) is 5.21. The summed E-state index contributed by atoms with van der Waals surface area (Å²) in [6, 6.07) is 1.99. The van der Waals surface area contributed by atoms with Gasteiger partial charge in [-0.3, -0.25) is 10.1 Å². The number of nitrogens with zero attached hydrogens (tertiary/aromatic N) is 1. The number of hydrogen-bond acceptors (Lipinski definition) is 4. The van der Waals surface area contributed by atoms with Gasteiger partial charge in [-0.15, -0.1) is 0 Å². The normalized spacial score (nSPS) is 21.0. The van der Waals surface area contributed by atoms with Crippen LogP contribution in [-0.4, -0.2) is 44.9 Å². The molecule has 0 bridgehead atoms. The van der Waals surface area contributed by atoms with Crippen molar-refractivity contribution in [1.82, 2.24) is 5.32 Å². The number of carbonyl (C=O) groups is 1. The third kappa shape index (κ3) is 2.20. The third-order valence-corrected chi connectivity index (χ3v) is 4.34. The van der Waals surface area contributed by atoms with E-state index in [0.29, 0.717) is 21.7 Å². The maximum Gasteiger partial charge on any atom is 0.248 e. The molecule has 1 aromatic rings. The molecule has 0 aromatic heterocycles. The summed E-state index contributed by atoms with van der Waals surface area (Å²) in [6.07, 6.45) is 1.95. The molecule has 0 radical (unpaired) electrons. The Kier molecular flexibility index (Phi) is 3.48. The van der Waals surface area contributed by atoms with Crippen molar-refractivity contribution in [2.75, 3.05) is 34.5 Å². The molecule has 2 aliphatic heterocycles. The minimum atomic E-state index is -0.223. The van der Waals surface area contributed by atoms with Crippen LogP contribution in [0.5, 0.6) is 17.2 Å². The fourth-order valence-corrected chi connectivity index (χ4v) is 3.11. The number of fused-ring (bicyclic) bond motifs is 2. The van der Waals surface area contributed by atoms with E-state index in [4.69, 9.17) is 14.2 Å². The van der Waals surface area contributed by atoms with Gasteiger partial charge in [-0.25, -0.2) is 0 Å². The zero-order chi connectivity index (χ0) is 15.9. The van der Waals surface area contributed by atoms with Crippen LogP contribution in [0, 0.1) is 0 Å². The molecule has 2 aliphatic rings. The van der Waals surface area contributed by atoms with Crippen molar-refractivity contribution in [3.63, 3.8) is 0 Å². The van der Waals surface area contributed by atoms with Crippen LogP contribution in [0.2, 0.25) is 0 Å². The van der Waals surface area contributed by atoms with Gasteiger partial charge in [-0.05, 0) is 17.7 Å². The first-order valence-electron chi connectivity index (χ1n) is 7.23. The molecule has 1 aromatic carbocycles. The standard InChI is InChI=1S/C16H20N2O4/c1-5-12(19)17-16-13-10(6-7-18(16,2)3)8-11-14(15(13)20-4)22-9-21-11/h5,8,16H,1,6-7,9H2,2-4H3/p+1/t16-/m0/s1. The van der Waals surface area contributed by atoms with Crippen LogP contribution in [0.1, 0.15) is 17.3 Å². The predicted molar refractivity (Wildman–Crippen MR) is 80.9 cm³/mol. The molecule has 118 valence electrons. The van der Waals surface area contributed by atoms with Crippen molar-refractivity contribution in [2.24, 2.45) is 0 Å². The lowest BCUT2D eigenvalue weighted by Gasteiger charge is -2.42. The summed E-state index contributed by atoms with van der Waals surface area (Å²) in [7, 11) is 5.78. The Morgan fingerprint density at radius 2 is 2.27 bits per heavy atom. The van der Waals surface area contributed by atoms with Gasteiger partial charge in [0.1, 0.15) is 0 Å². The number of quaternary nitrogens is 1. The summed E-state index contributed by atoms with van der Waals surface area (Å²) in [5, 5.41) is 3.02. The zero-order valence-electron chi connectivity index (χ0n) is 13.1. The van der Waals surface area contributed by atoms with Gasteiger partial charge in [0.25, 0.3) is 0 Å². The zero-order valence-corrected chi connectivity index (χ0v) is 13.1. The van der Waals surface area contributed by atoms with Crippen molar-refractivity contribution in [2.45, 2.75) is 12.6 Å². The fraction of sp³-hybridized carbons (Fsp3) is 0.438. The molecular formula is C16H21N2O4+. The highest BCUT2D eigenvalue weighted by Gasteiger charge is 2.41. The van der Waals surface area contributed by atoms with Gasteiger partial charge in [-0.1, -0.05) is 6.58 Å². The van der Waals surface area contributed by atoms with E-state index < -0.39 is 0 Å². The molecule has 0 spiro atoms. The van der Waals surface area contributed by atoms with Crippen molar-refractivity contribution in [1.29, 1.82) is 0 Å². The highest BCUT2D eigenvalue weighted by Crippen LogP contribution is 2.49. The van der Waals surface area contributed by atoms with E-state index in [1.165, 1.54) is 6.08 Å². The Bertz CT molecular complexity index is 640. The van der Waals surface area contributed by atoms with E-state index >= 15 is 0 Å². The molecule has 6 heteroatoms. The number of carbonyl (C=O) groups excluding carboxylic acids is 1. The summed E-state index contributed by atoms with van der Waals surface area (Å²) >= 11 is 0. The summed E-state index contributed by atoms with van der Waals surface area (Å²) in [5.41, 5.74) is 2.08. The van der Waals surface area contributed by atoms with Crippen LogP contribution >= 0.6 is 0 Å². The van der Waals surface area contributed by atoms with Crippen LogP contribution in [0.25, 0.3) is 0 Å². The Labute approximate surface area is 129 Å². The van der Waals surface area contributed by atoms with Gasteiger partial charge in [0.2, 0.25) is 18.4 Å². The lowest BCUT2D eigenvalue weighted by Crippen LogP contribution is -2.54. The average molecular weight is 305 g/mol. The van der Waals surface area contributed by atoms with Gasteiger partial charge in [0.05, 0.1) is 33.3 Å². The summed E-state index contributed by atoms with van der Waals surface area (Å²) in [5.74, 6) is 1.76. The lowest BCUT2D eigenvalue weighted by atomic mass is 9.93. The first-order valence-corrected chi connectivity index (χ1v) is 7.23. The fourth-order valence-electron chi connectivity index (χ4n) is 3.11. The summed E-state index contributed by atoms with van der Waals surface area (Å²) in [4.78, 5) is 11.9. The van der Waals surface area contributed by atoms with Crippen LogP contribution in [0.15, 0.2) is 18.7 Å². The molecule has 0 fully saturated rings. The van der Waals surface area contributed by atoms with Crippen LogP contribution in [0.4, 0.5) is 0 Å². The van der Waals surface area contributed by atoms with E-state index in [1.54, 1.807) is 7.11 Å². The first kappa shape index (κ1) is 14.7. The Balaban J connectivity index is 2.16. The Morgan fingerprint density at radius 3 is 2.95 bits per heavy atom. The maximum atomic E-state index is 11.9. The topological polar surface area (TPSA) is 56.8 Å². The Hall–Kier alpha value is -2.21. The molecule has 1 atom stereocenters. The smallest absolute Gasteiger partial charge is 0.248 e. The number of benzene rings is 1. The second-order valence-electron chi connectivity index (χ2n) is 6.08. The summed E-state index contributed by atoms with van der Waals surface area (Å²) in [6.45, 7) is 4.63. The molecule has 1 amide bonds. The molecule has 0 saturated carbocycles. The van der Waals surface area contributed by atoms with Crippen molar-refractivity contribution in [3.8, 4) is 17.2 Å². The number of nitrogens with one attached hydrogen (secondary N) is 1. The molecule has 2 heterocycles. The van der Waals surface area contributed by atoms with Crippen molar-refractivity contribution in [3.05, 3.63) is 29.8 Å². The highest BCUT2D eigenvalue weighted by molar-refractivity contribution is 5.87. The van der Waals surface area contributed by atoms with Gasteiger partial charge in [-0.2, -0.15) is 0 Å². The Morgan fingerprint density at radius 1 is 1.50 bits per heavy atom. The lowest BCUT2D eigenvalue weighted by molar-refractivity contribution is -0.925. The van der Waals surface area contributed by atoms with Crippen LogP contribution in [-0.2, 0) is 11.2 Å². The molecule has 0 aliphatic carbocycles. The van der Waals surface area contributed by atoms with Crippen LogP contribution in [0.3, 0.4) is 0 Å². The minimum absolute atomic E-state index is 0.191. The largest absolute Gasteiger partial charge is 0.492 e. The van der Waals surface area contributed by atoms with E-state index in [2.05, 4.69) is 26.0 Å². The highest BCUT2D eigenvalue weighted by atomic mass is 16.7.